The van der Waals surface area contributed by atoms with Gasteiger partial charge in [-0.15, -0.1) is 0 Å². The molecule has 0 aliphatic heterocycles. The molecular weight excluding hydrogens is 281 g/mol. The summed E-state index contributed by atoms with van der Waals surface area (Å²) in [5.41, 5.74) is 1.24. The molecule has 3 nitrogen and oxygen atoms in total. The second-order valence-electron chi connectivity index (χ2n) is 5.26. The van der Waals surface area contributed by atoms with Crippen molar-refractivity contribution in [3.63, 3.8) is 0 Å². The maximum absolute atomic E-state index is 6.06. The Hall–Kier alpha value is -0.930. The van der Waals surface area contributed by atoms with Crippen LogP contribution in [-0.4, -0.2) is 25.1 Å². The first kappa shape index (κ1) is 13.1. The van der Waals surface area contributed by atoms with Crippen molar-refractivity contribution in [3.05, 3.63) is 33.8 Å². The van der Waals surface area contributed by atoms with Crippen molar-refractivity contribution in [3.8, 4) is 0 Å². The van der Waals surface area contributed by atoms with Crippen molar-refractivity contribution in [1.82, 2.24) is 10.6 Å². The van der Waals surface area contributed by atoms with Gasteiger partial charge in [0, 0.05) is 25.0 Å². The molecule has 2 saturated carbocycles. The largest absolute Gasteiger partial charge is 0.354 e. The predicted octanol–water partition coefficient (Wildman–Crippen LogP) is 3.18. The van der Waals surface area contributed by atoms with Gasteiger partial charge in [0.2, 0.25) is 0 Å². The third-order valence-corrected chi connectivity index (χ3v) is 4.37. The van der Waals surface area contributed by atoms with Gasteiger partial charge in [0.1, 0.15) is 0 Å². The van der Waals surface area contributed by atoms with E-state index in [-0.39, 0.29) is 0 Å². The minimum atomic E-state index is 0.446. The van der Waals surface area contributed by atoms with Crippen molar-refractivity contribution < 1.29 is 0 Å². The van der Waals surface area contributed by atoms with Crippen molar-refractivity contribution in [2.24, 2.45) is 4.99 Å². The Morgan fingerprint density at radius 3 is 2.63 bits per heavy atom. The minimum absolute atomic E-state index is 0.446. The number of aliphatic imine (C=N–C) groups is 1. The molecule has 0 spiro atoms. The lowest BCUT2D eigenvalue weighted by atomic mass is 10.1. The van der Waals surface area contributed by atoms with Gasteiger partial charge in [-0.25, -0.2) is 0 Å². The third-order valence-electron chi connectivity index (χ3n) is 3.63. The molecule has 0 amide bonds. The highest BCUT2D eigenvalue weighted by Crippen LogP contribution is 2.42. The van der Waals surface area contributed by atoms with E-state index in [0.29, 0.717) is 28.0 Å². The van der Waals surface area contributed by atoms with Crippen LogP contribution in [0.25, 0.3) is 0 Å². The zero-order chi connectivity index (χ0) is 13.4. The first-order valence-corrected chi connectivity index (χ1v) is 7.38. The zero-order valence-electron chi connectivity index (χ0n) is 10.8. The summed E-state index contributed by atoms with van der Waals surface area (Å²) >= 11 is 12.0. The van der Waals surface area contributed by atoms with Crippen molar-refractivity contribution in [2.45, 2.75) is 37.3 Å². The maximum atomic E-state index is 6.06. The number of hydrogen-bond acceptors (Lipinski definition) is 1. The molecule has 1 aromatic carbocycles. The minimum Gasteiger partial charge on any atom is -0.354 e. The fraction of sp³-hybridized carbons (Fsp3) is 0.500. The van der Waals surface area contributed by atoms with Crippen molar-refractivity contribution >= 4 is 29.2 Å². The lowest BCUT2D eigenvalue weighted by Crippen LogP contribution is -2.40. The molecule has 102 valence electrons. The Kier molecular flexibility index (Phi) is 3.59. The molecular formula is C14H17Cl2N3. The van der Waals surface area contributed by atoms with Gasteiger partial charge in [0.25, 0.3) is 0 Å². The summed E-state index contributed by atoms with van der Waals surface area (Å²) in [6.45, 7) is 0. The Labute approximate surface area is 123 Å². The Morgan fingerprint density at radius 2 is 2.00 bits per heavy atom. The van der Waals surface area contributed by atoms with Gasteiger partial charge in [-0.3, -0.25) is 4.99 Å². The number of hydrogen-bond donors (Lipinski definition) is 2. The van der Waals surface area contributed by atoms with E-state index in [4.69, 9.17) is 23.2 Å². The number of nitrogens with one attached hydrogen (secondary N) is 2. The van der Waals surface area contributed by atoms with E-state index in [1.54, 1.807) is 0 Å². The van der Waals surface area contributed by atoms with Gasteiger partial charge in [-0.1, -0.05) is 29.3 Å². The Bertz CT molecular complexity index is 511. The lowest BCUT2D eigenvalue weighted by molar-refractivity contribution is 0.787. The molecule has 2 fully saturated rings. The highest BCUT2D eigenvalue weighted by Gasteiger charge is 2.39. The topological polar surface area (TPSA) is 36.4 Å². The van der Waals surface area contributed by atoms with Crippen molar-refractivity contribution in [2.75, 3.05) is 7.05 Å². The summed E-state index contributed by atoms with van der Waals surface area (Å²) < 4.78 is 0. The molecule has 0 bridgehead atoms. The van der Waals surface area contributed by atoms with Gasteiger partial charge >= 0.3 is 0 Å². The molecule has 0 heterocycles. The normalized spacial score (nSPS) is 26.2. The highest BCUT2D eigenvalue weighted by molar-refractivity contribution is 6.42. The van der Waals surface area contributed by atoms with E-state index in [1.165, 1.54) is 18.4 Å². The highest BCUT2D eigenvalue weighted by atomic mass is 35.5. The predicted molar refractivity (Wildman–Crippen MR) is 80.3 cm³/mol. The molecule has 2 aliphatic carbocycles. The number of halogens is 2. The van der Waals surface area contributed by atoms with Crippen LogP contribution >= 0.6 is 23.2 Å². The Balaban J connectivity index is 1.59. The van der Waals surface area contributed by atoms with E-state index in [9.17, 15) is 0 Å². The summed E-state index contributed by atoms with van der Waals surface area (Å²) in [4.78, 5) is 4.26. The second kappa shape index (κ2) is 5.22. The van der Waals surface area contributed by atoms with E-state index in [0.717, 1.165) is 12.4 Å². The number of benzene rings is 1. The molecule has 0 aromatic heterocycles. The Morgan fingerprint density at radius 1 is 1.21 bits per heavy atom. The van der Waals surface area contributed by atoms with Crippen molar-refractivity contribution in [1.29, 1.82) is 0 Å². The summed E-state index contributed by atoms with van der Waals surface area (Å²) in [6, 6.07) is 6.95. The zero-order valence-corrected chi connectivity index (χ0v) is 12.3. The SMILES string of the molecule is CN=C(NC1CC1)N[C@@H]1C[C@H]1c1ccc(Cl)c(Cl)c1. The van der Waals surface area contributed by atoms with E-state index >= 15 is 0 Å². The fourth-order valence-electron chi connectivity index (χ4n) is 2.23. The van der Waals surface area contributed by atoms with Gasteiger partial charge in [0.15, 0.2) is 5.96 Å². The average molecular weight is 298 g/mol. The van der Waals surface area contributed by atoms with Crippen LogP contribution < -0.4 is 10.6 Å². The summed E-state index contributed by atoms with van der Waals surface area (Å²) in [5.74, 6) is 1.42. The van der Waals surface area contributed by atoms with Crippen LogP contribution in [0.5, 0.6) is 0 Å². The molecule has 1 aromatic rings. The molecule has 2 atom stereocenters. The molecule has 2 N–H and O–H groups in total. The monoisotopic (exact) mass is 297 g/mol. The fourth-order valence-corrected chi connectivity index (χ4v) is 2.54. The van der Waals surface area contributed by atoms with Crippen LogP contribution in [0.3, 0.4) is 0 Å². The van der Waals surface area contributed by atoms with E-state index in [2.05, 4.69) is 21.7 Å². The lowest BCUT2D eigenvalue weighted by Gasteiger charge is -2.11. The molecule has 5 heteroatoms. The molecule has 19 heavy (non-hydrogen) atoms. The van der Waals surface area contributed by atoms with Crippen LogP contribution in [0.4, 0.5) is 0 Å². The standard InChI is InChI=1S/C14H17Cl2N3/c1-17-14(18-9-3-4-9)19-13-7-10(13)8-2-5-11(15)12(16)6-8/h2,5-6,9-10,13H,3-4,7H2,1H3,(H2,17,18,19)/t10-,13+/m0/s1. The van der Waals surface area contributed by atoms with Crippen LogP contribution in [-0.2, 0) is 0 Å². The van der Waals surface area contributed by atoms with Crippen LogP contribution in [0.1, 0.15) is 30.7 Å². The van der Waals surface area contributed by atoms with Crippen LogP contribution in [0.2, 0.25) is 10.0 Å². The van der Waals surface area contributed by atoms with Gasteiger partial charge in [0.05, 0.1) is 10.0 Å². The summed E-state index contributed by atoms with van der Waals surface area (Å²) in [6.07, 6.45) is 3.62. The smallest absolute Gasteiger partial charge is 0.191 e. The number of rotatable bonds is 3. The molecule has 0 saturated heterocycles. The first-order chi connectivity index (χ1) is 9.17. The van der Waals surface area contributed by atoms with Gasteiger partial charge in [-0.05, 0) is 37.0 Å². The number of guanidine groups is 1. The van der Waals surface area contributed by atoms with Crippen LogP contribution in [0.15, 0.2) is 23.2 Å². The molecule has 2 aliphatic rings. The van der Waals surface area contributed by atoms with Gasteiger partial charge < -0.3 is 10.6 Å². The van der Waals surface area contributed by atoms with E-state index in [1.807, 2.05) is 19.2 Å². The summed E-state index contributed by atoms with van der Waals surface area (Å²) in [7, 11) is 1.81. The summed E-state index contributed by atoms with van der Waals surface area (Å²) in [5, 5.41) is 8.10. The number of nitrogens with zero attached hydrogens (tertiary/aromatic N) is 1. The third kappa shape index (κ3) is 3.15. The quantitative estimate of drug-likeness (QED) is 0.664. The maximum Gasteiger partial charge on any atom is 0.191 e. The molecule has 0 unspecified atom stereocenters. The first-order valence-electron chi connectivity index (χ1n) is 6.62. The average Bonchev–Trinajstić information content (AvgIpc) is 3.28. The van der Waals surface area contributed by atoms with Gasteiger partial charge in [-0.2, -0.15) is 0 Å². The molecule has 0 radical (unpaired) electrons. The van der Waals surface area contributed by atoms with Crippen LogP contribution in [0, 0.1) is 0 Å². The van der Waals surface area contributed by atoms with E-state index < -0.39 is 0 Å². The second-order valence-corrected chi connectivity index (χ2v) is 6.07. The molecule has 3 rings (SSSR count).